The fourth-order valence-corrected chi connectivity index (χ4v) is 2.33. The lowest BCUT2D eigenvalue weighted by atomic mass is 9.91. The van der Waals surface area contributed by atoms with Crippen molar-refractivity contribution in [1.82, 2.24) is 5.32 Å². The van der Waals surface area contributed by atoms with Crippen LogP contribution in [0.1, 0.15) is 24.0 Å². The lowest BCUT2D eigenvalue weighted by molar-refractivity contribution is 0.550. The number of benzene rings is 2. The van der Waals surface area contributed by atoms with E-state index in [4.69, 9.17) is 0 Å². The van der Waals surface area contributed by atoms with Gasteiger partial charge in [0, 0.05) is 12.5 Å². The molecule has 1 N–H and O–H groups in total. The summed E-state index contributed by atoms with van der Waals surface area (Å²) in [6, 6.07) is 9.61. The molecule has 1 nitrogen and oxygen atoms in total. The average molecular weight is 293 g/mol. The van der Waals surface area contributed by atoms with Gasteiger partial charge in [0.25, 0.3) is 0 Å². The van der Waals surface area contributed by atoms with Crippen LogP contribution in [0.2, 0.25) is 0 Å². The number of rotatable bonds is 6. The summed E-state index contributed by atoms with van der Waals surface area (Å²) in [5.41, 5.74) is 1.24. The van der Waals surface area contributed by atoms with Crippen LogP contribution in [0.25, 0.3) is 0 Å². The minimum atomic E-state index is -0.451. The Morgan fingerprint density at radius 3 is 2.29 bits per heavy atom. The van der Waals surface area contributed by atoms with Crippen molar-refractivity contribution in [3.63, 3.8) is 0 Å². The molecule has 0 aliphatic rings. The normalized spacial score (nSPS) is 12.4. The summed E-state index contributed by atoms with van der Waals surface area (Å²) in [4.78, 5) is 0. The highest BCUT2D eigenvalue weighted by atomic mass is 19.1. The van der Waals surface area contributed by atoms with Gasteiger partial charge in [-0.05, 0) is 54.4 Å². The quantitative estimate of drug-likeness (QED) is 0.847. The van der Waals surface area contributed by atoms with Crippen molar-refractivity contribution in [3.05, 3.63) is 71.0 Å². The van der Waals surface area contributed by atoms with E-state index in [1.165, 1.54) is 18.2 Å². The molecule has 2 aromatic carbocycles. The van der Waals surface area contributed by atoms with Gasteiger partial charge in [-0.2, -0.15) is 0 Å². The van der Waals surface area contributed by atoms with E-state index >= 15 is 0 Å². The maximum absolute atomic E-state index is 13.8. The Balaban J connectivity index is 2.23. The Kier molecular flexibility index (Phi) is 5.39. The lowest BCUT2D eigenvalue weighted by Crippen LogP contribution is -2.23. The summed E-state index contributed by atoms with van der Waals surface area (Å²) >= 11 is 0. The first-order valence-corrected chi connectivity index (χ1v) is 7.00. The van der Waals surface area contributed by atoms with E-state index < -0.39 is 11.6 Å². The van der Waals surface area contributed by atoms with Crippen molar-refractivity contribution >= 4 is 0 Å². The van der Waals surface area contributed by atoms with E-state index in [9.17, 15) is 13.2 Å². The van der Waals surface area contributed by atoms with Gasteiger partial charge in [0.05, 0.1) is 0 Å². The summed E-state index contributed by atoms with van der Waals surface area (Å²) in [5.74, 6) is -1.22. The minimum Gasteiger partial charge on any atom is -0.316 e. The highest BCUT2D eigenvalue weighted by molar-refractivity contribution is 5.26. The molecule has 0 fully saturated rings. The molecular formula is C17H18F3N. The maximum atomic E-state index is 13.8. The van der Waals surface area contributed by atoms with Crippen LogP contribution in [0.4, 0.5) is 13.2 Å². The molecule has 1 atom stereocenters. The van der Waals surface area contributed by atoms with E-state index in [0.29, 0.717) is 18.5 Å². The van der Waals surface area contributed by atoms with Crippen LogP contribution in [0.15, 0.2) is 42.5 Å². The molecule has 0 aromatic heterocycles. The second-order valence-electron chi connectivity index (χ2n) is 5.00. The molecule has 0 radical (unpaired) electrons. The van der Waals surface area contributed by atoms with Gasteiger partial charge in [-0.3, -0.25) is 0 Å². The van der Waals surface area contributed by atoms with Crippen molar-refractivity contribution in [2.45, 2.75) is 19.3 Å². The predicted molar refractivity (Wildman–Crippen MR) is 77.7 cm³/mol. The van der Waals surface area contributed by atoms with Crippen molar-refractivity contribution in [1.29, 1.82) is 0 Å². The summed E-state index contributed by atoms with van der Waals surface area (Å²) in [7, 11) is 0. The molecule has 0 aliphatic heterocycles. The number of hydrogen-bond acceptors (Lipinski definition) is 1. The molecule has 2 rings (SSSR count). The highest BCUT2D eigenvalue weighted by Crippen LogP contribution is 2.23. The van der Waals surface area contributed by atoms with Gasteiger partial charge in [-0.1, -0.05) is 19.1 Å². The highest BCUT2D eigenvalue weighted by Gasteiger charge is 2.15. The molecule has 0 aliphatic carbocycles. The van der Waals surface area contributed by atoms with Crippen molar-refractivity contribution in [2.24, 2.45) is 0 Å². The molecule has 1 unspecified atom stereocenters. The number of likely N-dealkylation sites (N-methyl/N-ethyl adjacent to an activating group) is 1. The zero-order chi connectivity index (χ0) is 15.2. The third kappa shape index (κ3) is 4.33. The fraction of sp³-hybridized carbons (Fsp3) is 0.294. The van der Waals surface area contributed by atoms with Crippen molar-refractivity contribution in [2.75, 3.05) is 13.1 Å². The zero-order valence-electron chi connectivity index (χ0n) is 11.9. The molecule has 0 heterocycles. The summed E-state index contributed by atoms with van der Waals surface area (Å²) in [6.07, 6.45) is 0.363. The van der Waals surface area contributed by atoms with Crippen molar-refractivity contribution in [3.8, 4) is 0 Å². The Morgan fingerprint density at radius 1 is 0.952 bits per heavy atom. The number of hydrogen-bond donors (Lipinski definition) is 1. The van der Waals surface area contributed by atoms with Gasteiger partial charge in [0.15, 0.2) is 0 Å². The van der Waals surface area contributed by atoms with Crippen LogP contribution in [0.3, 0.4) is 0 Å². The topological polar surface area (TPSA) is 12.0 Å². The molecule has 2 aromatic rings. The van der Waals surface area contributed by atoms with Crippen molar-refractivity contribution < 1.29 is 13.2 Å². The second kappa shape index (κ2) is 7.27. The molecule has 0 amide bonds. The lowest BCUT2D eigenvalue weighted by Gasteiger charge is -2.18. The summed E-state index contributed by atoms with van der Waals surface area (Å²) in [5, 5.41) is 3.21. The predicted octanol–water partition coefficient (Wildman–Crippen LogP) is 4.04. The largest absolute Gasteiger partial charge is 0.316 e. The van der Waals surface area contributed by atoms with Crippen LogP contribution >= 0.6 is 0 Å². The smallest absolute Gasteiger partial charge is 0.126 e. The molecule has 0 bridgehead atoms. The van der Waals surface area contributed by atoms with Crippen LogP contribution in [0.5, 0.6) is 0 Å². The Labute approximate surface area is 122 Å². The first-order chi connectivity index (χ1) is 10.1. The van der Waals surface area contributed by atoms with Gasteiger partial charge < -0.3 is 5.32 Å². The van der Waals surface area contributed by atoms with E-state index in [-0.39, 0.29) is 11.7 Å². The zero-order valence-corrected chi connectivity index (χ0v) is 11.9. The molecule has 21 heavy (non-hydrogen) atoms. The molecule has 0 saturated carbocycles. The monoisotopic (exact) mass is 293 g/mol. The fourth-order valence-electron chi connectivity index (χ4n) is 2.33. The Hall–Kier alpha value is -1.81. The van der Waals surface area contributed by atoms with Crippen LogP contribution in [-0.2, 0) is 6.42 Å². The van der Waals surface area contributed by atoms with Gasteiger partial charge in [-0.25, -0.2) is 13.2 Å². The maximum Gasteiger partial charge on any atom is 0.126 e. The average Bonchev–Trinajstić information content (AvgIpc) is 2.48. The van der Waals surface area contributed by atoms with Gasteiger partial charge in [0.1, 0.15) is 17.5 Å². The molecule has 112 valence electrons. The Bertz CT molecular complexity index is 581. The van der Waals surface area contributed by atoms with Crippen LogP contribution in [-0.4, -0.2) is 13.1 Å². The van der Waals surface area contributed by atoms with Crippen LogP contribution in [0, 0.1) is 17.5 Å². The van der Waals surface area contributed by atoms with Gasteiger partial charge >= 0.3 is 0 Å². The van der Waals surface area contributed by atoms with Gasteiger partial charge in [0.2, 0.25) is 0 Å². The summed E-state index contributed by atoms with van der Waals surface area (Å²) < 4.78 is 40.1. The van der Waals surface area contributed by atoms with E-state index in [0.717, 1.165) is 24.2 Å². The van der Waals surface area contributed by atoms with Gasteiger partial charge in [-0.15, -0.1) is 0 Å². The second-order valence-corrected chi connectivity index (χ2v) is 5.00. The van der Waals surface area contributed by atoms with E-state index in [1.807, 2.05) is 6.92 Å². The SMILES string of the molecule is CCNCC(Cc1cc(F)ccc1F)c1ccc(F)cc1. The minimum absolute atomic E-state index is 0.0400. The Morgan fingerprint density at radius 2 is 1.62 bits per heavy atom. The van der Waals surface area contributed by atoms with E-state index in [2.05, 4.69) is 5.32 Å². The molecule has 0 spiro atoms. The third-order valence-electron chi connectivity index (χ3n) is 3.46. The third-order valence-corrected chi connectivity index (χ3v) is 3.46. The van der Waals surface area contributed by atoms with E-state index in [1.54, 1.807) is 12.1 Å². The number of halogens is 3. The molecule has 0 saturated heterocycles. The van der Waals surface area contributed by atoms with Crippen LogP contribution < -0.4 is 5.32 Å². The molecular weight excluding hydrogens is 275 g/mol. The number of nitrogens with one attached hydrogen (secondary N) is 1. The standard InChI is InChI=1S/C17H18F3N/c1-2-21-11-14(12-3-5-15(18)6-4-12)9-13-10-16(19)7-8-17(13)20/h3-8,10,14,21H,2,9,11H2,1H3. The first kappa shape index (κ1) is 15.6. The molecule has 4 heteroatoms. The summed E-state index contributed by atoms with van der Waals surface area (Å²) in [6.45, 7) is 3.38. The first-order valence-electron chi connectivity index (χ1n) is 7.00.